The Kier molecular flexibility index (Phi) is 3.25. The fourth-order valence-electron chi connectivity index (χ4n) is 2.00. The first-order valence-electron chi connectivity index (χ1n) is 5.73. The van der Waals surface area contributed by atoms with Crippen LogP contribution in [0.4, 0.5) is 0 Å². The van der Waals surface area contributed by atoms with Crippen LogP contribution in [0.2, 0.25) is 0 Å². The lowest BCUT2D eigenvalue weighted by Crippen LogP contribution is -2.51. The predicted octanol–water partition coefficient (Wildman–Crippen LogP) is 1.46. The lowest BCUT2D eigenvalue weighted by atomic mass is 10.1. The summed E-state index contributed by atoms with van der Waals surface area (Å²) in [6, 6.07) is 9.96. The lowest BCUT2D eigenvalue weighted by Gasteiger charge is -2.37. The summed E-state index contributed by atoms with van der Waals surface area (Å²) in [6.45, 7) is 4.77. The van der Waals surface area contributed by atoms with Gasteiger partial charge in [-0.25, -0.2) is 0 Å². The summed E-state index contributed by atoms with van der Waals surface area (Å²) in [5, 5.41) is 0. The Balaban J connectivity index is 2.06. The molecule has 1 saturated heterocycles. The first-order chi connectivity index (χ1) is 7.68. The van der Waals surface area contributed by atoms with E-state index in [1.165, 1.54) is 0 Å². The van der Waals surface area contributed by atoms with E-state index in [0.29, 0.717) is 6.04 Å². The minimum Gasteiger partial charge on any atom is -0.336 e. The van der Waals surface area contributed by atoms with Gasteiger partial charge in [-0.1, -0.05) is 18.2 Å². The molecule has 1 heterocycles. The molecule has 1 aliphatic rings. The van der Waals surface area contributed by atoms with Crippen molar-refractivity contribution in [2.24, 2.45) is 0 Å². The van der Waals surface area contributed by atoms with Crippen molar-refractivity contribution in [3.05, 3.63) is 35.9 Å². The van der Waals surface area contributed by atoms with Crippen molar-refractivity contribution in [3.8, 4) is 0 Å². The molecule has 1 atom stereocenters. The molecular weight excluding hydrogens is 200 g/mol. The van der Waals surface area contributed by atoms with Crippen molar-refractivity contribution in [1.82, 2.24) is 9.80 Å². The van der Waals surface area contributed by atoms with Gasteiger partial charge in [0.05, 0.1) is 0 Å². The lowest BCUT2D eigenvalue weighted by molar-refractivity contribution is 0.0572. The van der Waals surface area contributed by atoms with Gasteiger partial charge in [0.1, 0.15) is 0 Å². The second-order valence-corrected chi connectivity index (χ2v) is 4.45. The summed E-state index contributed by atoms with van der Waals surface area (Å²) >= 11 is 0. The van der Waals surface area contributed by atoms with E-state index in [0.717, 1.165) is 25.2 Å². The Hall–Kier alpha value is -1.35. The molecule has 1 aliphatic heterocycles. The minimum absolute atomic E-state index is 0.153. The second-order valence-electron chi connectivity index (χ2n) is 4.45. The molecule has 0 spiro atoms. The Labute approximate surface area is 96.7 Å². The number of carbonyl (C=O) groups is 1. The molecular formula is C13H18N2O. The molecule has 1 aromatic carbocycles. The number of nitrogens with zero attached hydrogens (tertiary/aromatic N) is 2. The SMILES string of the molecule is C[C@@H]1CN(C(=O)c2ccccc2)CCN1C. The van der Waals surface area contributed by atoms with Crippen LogP contribution in [-0.4, -0.2) is 48.4 Å². The number of piperazine rings is 1. The van der Waals surface area contributed by atoms with Crippen molar-refractivity contribution < 1.29 is 4.79 Å². The third kappa shape index (κ3) is 2.25. The van der Waals surface area contributed by atoms with Gasteiger partial charge in [-0.3, -0.25) is 4.79 Å². The molecule has 0 saturated carbocycles. The number of rotatable bonds is 1. The number of amides is 1. The standard InChI is InChI=1S/C13H18N2O/c1-11-10-15(9-8-14(11)2)13(16)12-6-4-3-5-7-12/h3-7,11H,8-10H2,1-2H3/t11-/m1/s1. The number of hydrogen-bond acceptors (Lipinski definition) is 2. The van der Waals surface area contributed by atoms with Crippen LogP contribution in [0.3, 0.4) is 0 Å². The molecule has 1 amide bonds. The van der Waals surface area contributed by atoms with Crippen LogP contribution in [-0.2, 0) is 0 Å². The smallest absolute Gasteiger partial charge is 0.253 e. The number of benzene rings is 1. The van der Waals surface area contributed by atoms with E-state index < -0.39 is 0 Å². The van der Waals surface area contributed by atoms with Gasteiger partial charge in [0.25, 0.3) is 5.91 Å². The number of carbonyl (C=O) groups excluding carboxylic acids is 1. The quantitative estimate of drug-likeness (QED) is 0.712. The predicted molar refractivity (Wildman–Crippen MR) is 64.4 cm³/mol. The molecule has 3 nitrogen and oxygen atoms in total. The van der Waals surface area contributed by atoms with E-state index in [1.807, 2.05) is 35.2 Å². The van der Waals surface area contributed by atoms with Crippen molar-refractivity contribution in [2.45, 2.75) is 13.0 Å². The highest BCUT2D eigenvalue weighted by Crippen LogP contribution is 2.11. The average Bonchev–Trinajstić information content (AvgIpc) is 2.33. The third-order valence-corrected chi connectivity index (χ3v) is 3.27. The molecule has 1 aromatic rings. The Morgan fingerprint density at radius 3 is 2.56 bits per heavy atom. The van der Waals surface area contributed by atoms with E-state index in [-0.39, 0.29) is 5.91 Å². The molecule has 0 N–H and O–H groups in total. The van der Waals surface area contributed by atoms with Crippen LogP contribution in [0.5, 0.6) is 0 Å². The molecule has 0 radical (unpaired) electrons. The van der Waals surface area contributed by atoms with Crippen LogP contribution in [0.25, 0.3) is 0 Å². The molecule has 1 fully saturated rings. The van der Waals surface area contributed by atoms with E-state index in [2.05, 4.69) is 18.9 Å². The van der Waals surface area contributed by atoms with Gasteiger partial charge in [0, 0.05) is 31.2 Å². The molecule has 0 bridgehead atoms. The van der Waals surface area contributed by atoms with Crippen molar-refractivity contribution in [3.63, 3.8) is 0 Å². The number of hydrogen-bond donors (Lipinski definition) is 0. The van der Waals surface area contributed by atoms with E-state index in [4.69, 9.17) is 0 Å². The summed E-state index contributed by atoms with van der Waals surface area (Å²) in [5.41, 5.74) is 0.791. The molecule has 0 aromatic heterocycles. The van der Waals surface area contributed by atoms with Gasteiger partial charge < -0.3 is 9.80 Å². The zero-order valence-corrected chi connectivity index (χ0v) is 9.89. The first kappa shape index (κ1) is 11.1. The molecule has 86 valence electrons. The second kappa shape index (κ2) is 4.66. The van der Waals surface area contributed by atoms with Gasteiger partial charge in [-0.2, -0.15) is 0 Å². The highest BCUT2D eigenvalue weighted by molar-refractivity contribution is 5.94. The molecule has 16 heavy (non-hydrogen) atoms. The molecule has 0 aliphatic carbocycles. The van der Waals surface area contributed by atoms with E-state index in [9.17, 15) is 4.79 Å². The highest BCUT2D eigenvalue weighted by Gasteiger charge is 2.24. The zero-order chi connectivity index (χ0) is 11.5. The fourth-order valence-corrected chi connectivity index (χ4v) is 2.00. The van der Waals surface area contributed by atoms with Gasteiger partial charge in [-0.15, -0.1) is 0 Å². The maximum absolute atomic E-state index is 12.2. The molecule has 0 unspecified atom stereocenters. The summed E-state index contributed by atoms with van der Waals surface area (Å²) in [5.74, 6) is 0.153. The molecule has 3 heteroatoms. The van der Waals surface area contributed by atoms with Crippen LogP contribution < -0.4 is 0 Å². The monoisotopic (exact) mass is 218 g/mol. The maximum Gasteiger partial charge on any atom is 0.253 e. The van der Waals surface area contributed by atoms with Gasteiger partial charge in [-0.05, 0) is 26.1 Å². The Bertz CT molecular complexity index is 363. The normalized spacial score (nSPS) is 22.1. The summed E-state index contributed by atoms with van der Waals surface area (Å²) in [7, 11) is 2.11. The van der Waals surface area contributed by atoms with Crippen molar-refractivity contribution >= 4 is 5.91 Å². The zero-order valence-electron chi connectivity index (χ0n) is 9.89. The summed E-state index contributed by atoms with van der Waals surface area (Å²) in [4.78, 5) is 16.4. The first-order valence-corrected chi connectivity index (χ1v) is 5.73. The minimum atomic E-state index is 0.153. The Morgan fingerprint density at radius 2 is 1.94 bits per heavy atom. The average molecular weight is 218 g/mol. The fraction of sp³-hybridized carbons (Fsp3) is 0.462. The van der Waals surface area contributed by atoms with Crippen LogP contribution >= 0.6 is 0 Å². The van der Waals surface area contributed by atoms with Gasteiger partial charge in [0.2, 0.25) is 0 Å². The van der Waals surface area contributed by atoms with Crippen LogP contribution in [0.15, 0.2) is 30.3 Å². The summed E-state index contributed by atoms with van der Waals surface area (Å²) < 4.78 is 0. The van der Waals surface area contributed by atoms with Gasteiger partial charge >= 0.3 is 0 Å². The maximum atomic E-state index is 12.2. The van der Waals surface area contributed by atoms with Crippen LogP contribution in [0, 0.1) is 0 Å². The summed E-state index contributed by atoms with van der Waals surface area (Å²) in [6.07, 6.45) is 0. The van der Waals surface area contributed by atoms with E-state index >= 15 is 0 Å². The van der Waals surface area contributed by atoms with Crippen molar-refractivity contribution in [2.75, 3.05) is 26.7 Å². The van der Waals surface area contributed by atoms with E-state index in [1.54, 1.807) is 0 Å². The number of likely N-dealkylation sites (N-methyl/N-ethyl adjacent to an activating group) is 1. The Morgan fingerprint density at radius 1 is 1.25 bits per heavy atom. The van der Waals surface area contributed by atoms with Crippen LogP contribution in [0.1, 0.15) is 17.3 Å². The topological polar surface area (TPSA) is 23.6 Å². The van der Waals surface area contributed by atoms with Crippen molar-refractivity contribution in [1.29, 1.82) is 0 Å². The highest BCUT2D eigenvalue weighted by atomic mass is 16.2. The third-order valence-electron chi connectivity index (χ3n) is 3.27. The largest absolute Gasteiger partial charge is 0.336 e. The molecule has 2 rings (SSSR count). The van der Waals surface area contributed by atoms with Gasteiger partial charge in [0.15, 0.2) is 0 Å².